The molecule has 0 saturated carbocycles. The molecule has 4 nitrogen and oxygen atoms in total. The topological polar surface area (TPSA) is 61.7 Å². The first-order chi connectivity index (χ1) is 8.61. The van der Waals surface area contributed by atoms with E-state index in [-0.39, 0.29) is 12.7 Å². The molecule has 0 amide bonds. The minimum absolute atomic E-state index is 0.249. The Morgan fingerprint density at radius 1 is 1.22 bits per heavy atom. The van der Waals surface area contributed by atoms with Crippen molar-refractivity contribution in [2.45, 2.75) is 32.5 Å². The third-order valence-electron chi connectivity index (χ3n) is 2.66. The molecular weight excluding hydrogens is 230 g/mol. The summed E-state index contributed by atoms with van der Waals surface area (Å²) in [7, 11) is 0. The second kappa shape index (κ2) is 8.08. The Balaban J connectivity index is 2.19. The van der Waals surface area contributed by atoms with E-state index in [2.05, 4.69) is 5.32 Å². The minimum Gasteiger partial charge on any atom is -0.491 e. The van der Waals surface area contributed by atoms with Crippen molar-refractivity contribution in [2.75, 3.05) is 19.7 Å². The largest absolute Gasteiger partial charge is 0.491 e. The second-order valence-electron chi connectivity index (χ2n) is 4.50. The van der Waals surface area contributed by atoms with Gasteiger partial charge in [0.15, 0.2) is 0 Å². The molecule has 0 spiro atoms. The second-order valence-corrected chi connectivity index (χ2v) is 4.50. The molecule has 4 heteroatoms. The highest BCUT2D eigenvalue weighted by molar-refractivity contribution is 5.27. The number of aliphatic hydroxyl groups is 2. The first-order valence-corrected chi connectivity index (χ1v) is 6.38. The number of ether oxygens (including phenoxy) is 1. The fraction of sp³-hybridized carbons (Fsp3) is 0.571. The average molecular weight is 253 g/mol. The molecule has 1 aromatic rings. The summed E-state index contributed by atoms with van der Waals surface area (Å²) in [4.78, 5) is 0. The van der Waals surface area contributed by atoms with Gasteiger partial charge in [0.05, 0.1) is 6.10 Å². The number of aryl methyl sites for hydroxylation is 1. The van der Waals surface area contributed by atoms with Crippen LogP contribution < -0.4 is 10.1 Å². The summed E-state index contributed by atoms with van der Waals surface area (Å²) < 4.78 is 5.48. The molecule has 3 N–H and O–H groups in total. The fourth-order valence-corrected chi connectivity index (χ4v) is 1.52. The van der Waals surface area contributed by atoms with Gasteiger partial charge < -0.3 is 20.3 Å². The van der Waals surface area contributed by atoms with Crippen LogP contribution in [0, 0.1) is 6.92 Å². The smallest absolute Gasteiger partial charge is 0.119 e. The van der Waals surface area contributed by atoms with Crippen LogP contribution in [0.1, 0.15) is 18.9 Å². The van der Waals surface area contributed by atoms with Crippen molar-refractivity contribution >= 4 is 0 Å². The van der Waals surface area contributed by atoms with Crippen LogP contribution in [0.15, 0.2) is 24.3 Å². The lowest BCUT2D eigenvalue weighted by atomic mass is 10.2. The summed E-state index contributed by atoms with van der Waals surface area (Å²) in [6.45, 7) is 5.08. The monoisotopic (exact) mass is 253 g/mol. The lowest BCUT2D eigenvalue weighted by Crippen LogP contribution is -2.35. The third-order valence-corrected chi connectivity index (χ3v) is 2.66. The van der Waals surface area contributed by atoms with Crippen molar-refractivity contribution in [3.63, 3.8) is 0 Å². The lowest BCUT2D eigenvalue weighted by molar-refractivity contribution is 0.0991. The Labute approximate surface area is 109 Å². The molecule has 0 aromatic heterocycles. The standard InChI is InChI=1S/C14H23NO3/c1-3-12(16)8-15-9-13(17)10-18-14-6-4-5-11(2)7-14/h4-7,12-13,15-17H,3,8-10H2,1-2H3. The van der Waals surface area contributed by atoms with Crippen LogP contribution in [0.4, 0.5) is 0 Å². The molecular formula is C14H23NO3. The highest BCUT2D eigenvalue weighted by atomic mass is 16.5. The van der Waals surface area contributed by atoms with Crippen LogP contribution >= 0.6 is 0 Å². The van der Waals surface area contributed by atoms with Crippen molar-refractivity contribution in [1.29, 1.82) is 0 Å². The number of nitrogens with one attached hydrogen (secondary N) is 1. The zero-order valence-corrected chi connectivity index (χ0v) is 11.1. The molecule has 1 rings (SSSR count). The molecule has 18 heavy (non-hydrogen) atoms. The normalized spacial score (nSPS) is 14.2. The fourth-order valence-electron chi connectivity index (χ4n) is 1.52. The molecule has 0 radical (unpaired) electrons. The number of aliphatic hydroxyl groups excluding tert-OH is 2. The van der Waals surface area contributed by atoms with Crippen molar-refractivity contribution in [3.05, 3.63) is 29.8 Å². The van der Waals surface area contributed by atoms with Gasteiger partial charge in [-0.15, -0.1) is 0 Å². The summed E-state index contributed by atoms with van der Waals surface area (Å²) in [6.07, 6.45) is -0.215. The Morgan fingerprint density at radius 3 is 2.61 bits per heavy atom. The van der Waals surface area contributed by atoms with E-state index < -0.39 is 6.10 Å². The van der Waals surface area contributed by atoms with E-state index in [9.17, 15) is 10.2 Å². The van der Waals surface area contributed by atoms with E-state index in [1.54, 1.807) is 0 Å². The van der Waals surface area contributed by atoms with Crippen molar-refractivity contribution in [3.8, 4) is 5.75 Å². The number of benzene rings is 1. The van der Waals surface area contributed by atoms with Gasteiger partial charge in [-0.1, -0.05) is 19.1 Å². The van der Waals surface area contributed by atoms with Crippen LogP contribution in [0.2, 0.25) is 0 Å². The first kappa shape index (κ1) is 15.0. The van der Waals surface area contributed by atoms with Crippen molar-refractivity contribution < 1.29 is 14.9 Å². The van der Waals surface area contributed by atoms with Gasteiger partial charge in [0.2, 0.25) is 0 Å². The number of hydrogen-bond donors (Lipinski definition) is 3. The van der Waals surface area contributed by atoms with Crippen LogP contribution in [0.25, 0.3) is 0 Å². The van der Waals surface area contributed by atoms with Gasteiger partial charge in [0.1, 0.15) is 18.5 Å². The molecule has 0 heterocycles. The SMILES string of the molecule is CCC(O)CNCC(O)COc1cccc(C)c1. The van der Waals surface area contributed by atoms with Crippen molar-refractivity contribution in [1.82, 2.24) is 5.32 Å². The van der Waals surface area contributed by atoms with Gasteiger partial charge in [-0.3, -0.25) is 0 Å². The van der Waals surface area contributed by atoms with Crippen LogP contribution in [-0.2, 0) is 0 Å². The summed E-state index contributed by atoms with van der Waals surface area (Å²) in [5, 5.41) is 22.0. The van der Waals surface area contributed by atoms with Gasteiger partial charge in [-0.2, -0.15) is 0 Å². The van der Waals surface area contributed by atoms with E-state index in [0.717, 1.165) is 11.3 Å². The molecule has 2 atom stereocenters. The van der Waals surface area contributed by atoms with Gasteiger partial charge in [-0.05, 0) is 31.0 Å². The van der Waals surface area contributed by atoms with E-state index in [1.165, 1.54) is 0 Å². The minimum atomic E-state index is -0.574. The maximum absolute atomic E-state index is 9.70. The zero-order valence-electron chi connectivity index (χ0n) is 11.1. The molecule has 2 unspecified atom stereocenters. The molecule has 0 aliphatic carbocycles. The summed E-state index contributed by atoms with van der Waals surface area (Å²) in [5.74, 6) is 0.766. The van der Waals surface area contributed by atoms with Crippen LogP contribution in [-0.4, -0.2) is 42.1 Å². The molecule has 102 valence electrons. The molecule has 1 aromatic carbocycles. The Kier molecular flexibility index (Phi) is 6.72. The van der Waals surface area contributed by atoms with Gasteiger partial charge in [0, 0.05) is 13.1 Å². The number of rotatable bonds is 8. The molecule has 0 fully saturated rings. The van der Waals surface area contributed by atoms with Crippen LogP contribution in [0.5, 0.6) is 5.75 Å². The molecule has 0 saturated heterocycles. The van der Waals surface area contributed by atoms with Crippen molar-refractivity contribution in [2.24, 2.45) is 0 Å². The van der Waals surface area contributed by atoms with Crippen LogP contribution in [0.3, 0.4) is 0 Å². The van der Waals surface area contributed by atoms with Gasteiger partial charge >= 0.3 is 0 Å². The molecule has 0 aliphatic heterocycles. The van der Waals surface area contributed by atoms with Gasteiger partial charge in [-0.25, -0.2) is 0 Å². The molecule has 0 bridgehead atoms. The average Bonchev–Trinajstić information content (AvgIpc) is 2.36. The highest BCUT2D eigenvalue weighted by Crippen LogP contribution is 2.12. The lowest BCUT2D eigenvalue weighted by Gasteiger charge is -2.15. The predicted molar refractivity (Wildman–Crippen MR) is 71.8 cm³/mol. The summed E-state index contributed by atoms with van der Waals surface area (Å²) in [5.41, 5.74) is 1.13. The van der Waals surface area contributed by atoms with E-state index >= 15 is 0 Å². The number of hydrogen-bond acceptors (Lipinski definition) is 4. The maximum atomic E-state index is 9.70. The Bertz CT molecular complexity index is 344. The van der Waals surface area contributed by atoms with E-state index in [0.29, 0.717) is 19.5 Å². The molecule has 0 aliphatic rings. The van der Waals surface area contributed by atoms with Gasteiger partial charge in [0.25, 0.3) is 0 Å². The van der Waals surface area contributed by atoms with E-state index in [4.69, 9.17) is 4.74 Å². The zero-order chi connectivity index (χ0) is 13.4. The quantitative estimate of drug-likeness (QED) is 0.649. The summed E-state index contributed by atoms with van der Waals surface area (Å²) in [6, 6.07) is 7.72. The predicted octanol–water partition coefficient (Wildman–Crippen LogP) is 1.10. The first-order valence-electron chi connectivity index (χ1n) is 6.38. The summed E-state index contributed by atoms with van der Waals surface area (Å²) >= 11 is 0. The third kappa shape index (κ3) is 6.00. The highest BCUT2D eigenvalue weighted by Gasteiger charge is 2.06. The maximum Gasteiger partial charge on any atom is 0.119 e. The van der Waals surface area contributed by atoms with E-state index in [1.807, 2.05) is 38.1 Å². The Hall–Kier alpha value is -1.10. The Morgan fingerprint density at radius 2 is 1.94 bits per heavy atom.